The lowest BCUT2D eigenvalue weighted by atomic mass is 9.98. The van der Waals surface area contributed by atoms with Gasteiger partial charge in [0.15, 0.2) is 0 Å². The quantitative estimate of drug-likeness (QED) is 0.715. The Hall–Kier alpha value is -1.30. The molecule has 2 fully saturated rings. The number of carbonyl (C=O) groups is 2. The molecule has 96 valence electrons. The molecular weight excluding hydrogens is 224 g/mol. The van der Waals surface area contributed by atoms with Crippen molar-refractivity contribution in [1.82, 2.24) is 9.80 Å². The molecule has 2 rings (SSSR count). The maximum Gasteiger partial charge on any atom is 0.320 e. The SMILES string of the molecule is O=C(O)[C@@H]1CCCN(C(=O)N2CCOCC2)C1. The molecule has 1 N–H and O–H groups in total. The minimum Gasteiger partial charge on any atom is -0.481 e. The summed E-state index contributed by atoms with van der Waals surface area (Å²) in [4.78, 5) is 26.5. The van der Waals surface area contributed by atoms with Gasteiger partial charge < -0.3 is 19.6 Å². The van der Waals surface area contributed by atoms with Gasteiger partial charge >= 0.3 is 12.0 Å². The summed E-state index contributed by atoms with van der Waals surface area (Å²) in [5.41, 5.74) is 0. The van der Waals surface area contributed by atoms with Gasteiger partial charge in [-0.15, -0.1) is 0 Å². The van der Waals surface area contributed by atoms with Gasteiger partial charge in [0.25, 0.3) is 0 Å². The Labute approximate surface area is 100 Å². The van der Waals surface area contributed by atoms with Crippen LogP contribution >= 0.6 is 0 Å². The topological polar surface area (TPSA) is 70.1 Å². The first-order chi connectivity index (χ1) is 8.18. The third kappa shape index (κ3) is 2.88. The number of carboxylic acids is 1. The minimum atomic E-state index is -0.801. The number of hydrogen-bond acceptors (Lipinski definition) is 3. The molecule has 0 radical (unpaired) electrons. The first-order valence-corrected chi connectivity index (χ1v) is 6.03. The number of morpholine rings is 1. The van der Waals surface area contributed by atoms with E-state index in [-0.39, 0.29) is 6.03 Å². The van der Waals surface area contributed by atoms with Crippen molar-refractivity contribution in [3.8, 4) is 0 Å². The molecule has 0 aliphatic carbocycles. The van der Waals surface area contributed by atoms with Gasteiger partial charge in [0.05, 0.1) is 19.1 Å². The number of ether oxygens (including phenoxy) is 1. The number of carbonyl (C=O) groups excluding carboxylic acids is 1. The summed E-state index contributed by atoms with van der Waals surface area (Å²) in [5, 5.41) is 8.98. The molecule has 2 saturated heterocycles. The van der Waals surface area contributed by atoms with E-state index in [1.807, 2.05) is 0 Å². The number of piperidine rings is 1. The first-order valence-electron chi connectivity index (χ1n) is 6.03. The number of nitrogens with zero attached hydrogens (tertiary/aromatic N) is 2. The molecule has 0 spiro atoms. The summed E-state index contributed by atoms with van der Waals surface area (Å²) in [6, 6.07) is -0.0424. The molecule has 17 heavy (non-hydrogen) atoms. The molecule has 2 heterocycles. The largest absolute Gasteiger partial charge is 0.481 e. The Balaban J connectivity index is 1.91. The molecule has 0 aromatic heterocycles. The summed E-state index contributed by atoms with van der Waals surface area (Å²) >= 11 is 0. The summed E-state index contributed by atoms with van der Waals surface area (Å²) in [5.74, 6) is -1.21. The lowest BCUT2D eigenvalue weighted by Gasteiger charge is -2.36. The second-order valence-corrected chi connectivity index (χ2v) is 4.51. The van der Waals surface area contributed by atoms with Crippen molar-refractivity contribution in [2.45, 2.75) is 12.8 Å². The van der Waals surface area contributed by atoms with Gasteiger partial charge in [-0.1, -0.05) is 0 Å². The van der Waals surface area contributed by atoms with E-state index in [0.29, 0.717) is 45.8 Å². The highest BCUT2D eigenvalue weighted by molar-refractivity contribution is 5.76. The number of urea groups is 1. The van der Waals surface area contributed by atoms with Gasteiger partial charge in [-0.05, 0) is 12.8 Å². The first kappa shape index (κ1) is 12.2. The molecule has 0 aromatic carbocycles. The summed E-state index contributed by atoms with van der Waals surface area (Å²) in [6.45, 7) is 3.36. The number of carboxylic acid groups (broad SMARTS) is 1. The molecular formula is C11H18N2O4. The summed E-state index contributed by atoms with van der Waals surface area (Å²) in [6.07, 6.45) is 1.44. The fourth-order valence-electron chi connectivity index (χ4n) is 2.31. The number of amides is 2. The molecule has 0 saturated carbocycles. The predicted molar refractivity (Wildman–Crippen MR) is 59.7 cm³/mol. The smallest absolute Gasteiger partial charge is 0.320 e. The molecule has 2 aliphatic heterocycles. The van der Waals surface area contributed by atoms with E-state index >= 15 is 0 Å². The highest BCUT2D eigenvalue weighted by Crippen LogP contribution is 2.18. The average Bonchev–Trinajstić information content (AvgIpc) is 2.39. The van der Waals surface area contributed by atoms with Crippen LogP contribution in [0.1, 0.15) is 12.8 Å². The van der Waals surface area contributed by atoms with Crippen LogP contribution in [-0.4, -0.2) is 66.3 Å². The van der Waals surface area contributed by atoms with E-state index in [1.165, 1.54) is 0 Å². The number of rotatable bonds is 1. The average molecular weight is 242 g/mol. The van der Waals surface area contributed by atoms with Crippen LogP contribution in [0, 0.1) is 5.92 Å². The lowest BCUT2D eigenvalue weighted by molar-refractivity contribution is -0.143. The Kier molecular flexibility index (Phi) is 3.83. The van der Waals surface area contributed by atoms with Crippen molar-refractivity contribution in [3.05, 3.63) is 0 Å². The van der Waals surface area contributed by atoms with Crippen LogP contribution in [0.3, 0.4) is 0 Å². The zero-order valence-corrected chi connectivity index (χ0v) is 9.80. The highest BCUT2D eigenvalue weighted by atomic mass is 16.5. The molecule has 6 nitrogen and oxygen atoms in total. The molecule has 2 amide bonds. The fraction of sp³-hybridized carbons (Fsp3) is 0.818. The Morgan fingerprint density at radius 2 is 1.82 bits per heavy atom. The van der Waals surface area contributed by atoms with E-state index in [0.717, 1.165) is 6.42 Å². The molecule has 0 bridgehead atoms. The molecule has 1 atom stereocenters. The van der Waals surface area contributed by atoms with Crippen molar-refractivity contribution in [1.29, 1.82) is 0 Å². The second-order valence-electron chi connectivity index (χ2n) is 4.51. The van der Waals surface area contributed by atoms with E-state index in [4.69, 9.17) is 9.84 Å². The van der Waals surface area contributed by atoms with Crippen LogP contribution in [0.25, 0.3) is 0 Å². The normalized spacial score (nSPS) is 25.8. The molecule has 0 aromatic rings. The van der Waals surface area contributed by atoms with Gasteiger partial charge in [0.1, 0.15) is 0 Å². The number of hydrogen-bond donors (Lipinski definition) is 1. The third-order valence-corrected chi connectivity index (χ3v) is 3.32. The summed E-state index contributed by atoms with van der Waals surface area (Å²) in [7, 11) is 0. The highest BCUT2D eigenvalue weighted by Gasteiger charge is 2.30. The van der Waals surface area contributed by atoms with Crippen molar-refractivity contribution in [2.75, 3.05) is 39.4 Å². The van der Waals surface area contributed by atoms with Crippen LogP contribution in [0.5, 0.6) is 0 Å². The maximum absolute atomic E-state index is 12.1. The molecule has 0 unspecified atom stereocenters. The predicted octanol–water partition coefficient (Wildman–Crippen LogP) is 0.235. The third-order valence-electron chi connectivity index (χ3n) is 3.32. The van der Waals surface area contributed by atoms with Gasteiger partial charge in [-0.3, -0.25) is 4.79 Å². The van der Waals surface area contributed by atoms with Gasteiger partial charge in [-0.2, -0.15) is 0 Å². The van der Waals surface area contributed by atoms with E-state index in [1.54, 1.807) is 9.80 Å². The summed E-state index contributed by atoms with van der Waals surface area (Å²) < 4.78 is 5.19. The lowest BCUT2D eigenvalue weighted by Crippen LogP contribution is -2.51. The van der Waals surface area contributed by atoms with Crippen molar-refractivity contribution in [3.63, 3.8) is 0 Å². The Bertz CT molecular complexity index is 302. The van der Waals surface area contributed by atoms with E-state index in [2.05, 4.69) is 0 Å². The number of likely N-dealkylation sites (tertiary alicyclic amines) is 1. The van der Waals surface area contributed by atoms with Gasteiger partial charge in [-0.25, -0.2) is 4.79 Å². The van der Waals surface area contributed by atoms with E-state index < -0.39 is 11.9 Å². The van der Waals surface area contributed by atoms with Crippen LogP contribution in [0.2, 0.25) is 0 Å². The zero-order valence-electron chi connectivity index (χ0n) is 9.80. The van der Waals surface area contributed by atoms with Crippen LogP contribution in [-0.2, 0) is 9.53 Å². The monoisotopic (exact) mass is 242 g/mol. The van der Waals surface area contributed by atoms with Crippen LogP contribution < -0.4 is 0 Å². The van der Waals surface area contributed by atoms with Gasteiger partial charge in [0.2, 0.25) is 0 Å². The van der Waals surface area contributed by atoms with E-state index in [9.17, 15) is 9.59 Å². The van der Waals surface area contributed by atoms with Gasteiger partial charge in [0, 0.05) is 26.2 Å². The Morgan fingerprint density at radius 1 is 1.12 bits per heavy atom. The van der Waals surface area contributed by atoms with Crippen LogP contribution in [0.4, 0.5) is 4.79 Å². The van der Waals surface area contributed by atoms with Crippen molar-refractivity contribution < 1.29 is 19.4 Å². The molecule has 6 heteroatoms. The number of aliphatic carboxylic acids is 1. The van der Waals surface area contributed by atoms with Crippen LogP contribution in [0.15, 0.2) is 0 Å². The maximum atomic E-state index is 12.1. The molecule has 2 aliphatic rings. The van der Waals surface area contributed by atoms with Crippen molar-refractivity contribution in [2.24, 2.45) is 5.92 Å². The van der Waals surface area contributed by atoms with Crippen molar-refractivity contribution >= 4 is 12.0 Å². The fourth-order valence-corrected chi connectivity index (χ4v) is 2.31. The second kappa shape index (κ2) is 5.35. The Morgan fingerprint density at radius 3 is 2.47 bits per heavy atom. The zero-order chi connectivity index (χ0) is 12.3. The standard InChI is InChI=1S/C11H18N2O4/c14-10(15)9-2-1-3-13(8-9)11(16)12-4-6-17-7-5-12/h9H,1-8H2,(H,14,15)/t9-/m1/s1. The minimum absolute atomic E-state index is 0.0424.